The SMILES string of the molecule is O=C1C(=O)N(CC(CO)N[C@H]2C(=O)N(C3CCCCC3)[C@H]2/C=C/c2ccccc2)c2ccccc21. The zero-order chi connectivity index (χ0) is 24.4. The molecule has 1 saturated heterocycles. The summed E-state index contributed by atoms with van der Waals surface area (Å²) in [6.07, 6.45) is 9.60. The van der Waals surface area contributed by atoms with Crippen molar-refractivity contribution in [2.75, 3.05) is 18.1 Å². The quantitative estimate of drug-likeness (QED) is 0.455. The Bertz CT molecular complexity index is 1130. The Labute approximate surface area is 205 Å². The number of benzene rings is 2. The van der Waals surface area contributed by atoms with Gasteiger partial charge in [0, 0.05) is 18.6 Å². The van der Waals surface area contributed by atoms with Crippen LogP contribution in [0.1, 0.15) is 48.0 Å². The molecule has 2 heterocycles. The number of ketones is 1. The number of amides is 2. The minimum atomic E-state index is -0.601. The number of carbonyl (C=O) groups is 3. The van der Waals surface area contributed by atoms with Gasteiger partial charge < -0.3 is 14.9 Å². The molecular weight excluding hydrogens is 442 g/mol. The Kier molecular flexibility index (Phi) is 6.79. The third-order valence-electron chi connectivity index (χ3n) is 7.35. The zero-order valence-electron chi connectivity index (χ0n) is 19.7. The van der Waals surface area contributed by atoms with Gasteiger partial charge in [-0.05, 0) is 30.5 Å². The van der Waals surface area contributed by atoms with Gasteiger partial charge in [0.2, 0.25) is 5.91 Å². The topological polar surface area (TPSA) is 90.0 Å². The number of anilines is 1. The van der Waals surface area contributed by atoms with Crippen molar-refractivity contribution in [1.29, 1.82) is 0 Å². The van der Waals surface area contributed by atoms with Crippen molar-refractivity contribution in [3.8, 4) is 0 Å². The summed E-state index contributed by atoms with van der Waals surface area (Å²) in [7, 11) is 0. The standard InChI is InChI=1S/C28H31N3O4/c32-18-20(17-30-23-14-8-7-13-22(23)26(33)28(30)35)29-25-24(16-15-19-9-3-1-4-10-19)31(27(25)34)21-11-5-2-6-12-21/h1,3-4,7-10,13-16,20-21,24-25,29,32H,2,5-6,11-12,17-18H2/b16-15+/t20?,24-,25+/m0/s1. The number of nitrogens with zero attached hydrogens (tertiary/aromatic N) is 2. The summed E-state index contributed by atoms with van der Waals surface area (Å²) in [5.41, 5.74) is 1.98. The number of rotatable bonds is 8. The molecule has 0 radical (unpaired) electrons. The van der Waals surface area contributed by atoms with E-state index < -0.39 is 23.8 Å². The number of likely N-dealkylation sites (tertiary alicyclic amines) is 1. The molecular formula is C28H31N3O4. The van der Waals surface area contributed by atoms with Gasteiger partial charge in [0.15, 0.2) is 0 Å². The van der Waals surface area contributed by atoms with E-state index in [1.807, 2.05) is 41.3 Å². The van der Waals surface area contributed by atoms with Crippen molar-refractivity contribution >= 4 is 29.4 Å². The number of Topliss-reactive ketones (excluding diaryl/α,β-unsaturated/α-hetero) is 1. The molecule has 5 rings (SSSR count). The summed E-state index contributed by atoms with van der Waals surface area (Å²) in [5.74, 6) is -1.11. The van der Waals surface area contributed by atoms with E-state index in [0.29, 0.717) is 11.3 Å². The second-order valence-corrected chi connectivity index (χ2v) is 9.58. The lowest BCUT2D eigenvalue weighted by Gasteiger charge is -2.52. The van der Waals surface area contributed by atoms with Gasteiger partial charge in [0.25, 0.3) is 11.7 Å². The highest BCUT2D eigenvalue weighted by atomic mass is 16.3. The smallest absolute Gasteiger partial charge is 0.299 e. The zero-order valence-corrected chi connectivity index (χ0v) is 19.7. The van der Waals surface area contributed by atoms with Crippen LogP contribution in [0.5, 0.6) is 0 Å². The van der Waals surface area contributed by atoms with E-state index in [-0.39, 0.29) is 31.1 Å². The second-order valence-electron chi connectivity index (χ2n) is 9.58. The summed E-state index contributed by atoms with van der Waals surface area (Å²) in [5, 5.41) is 13.4. The first-order valence-corrected chi connectivity index (χ1v) is 12.5. The fraction of sp³-hybridized carbons (Fsp3) is 0.393. The normalized spacial score (nSPS) is 23.6. The molecule has 35 heavy (non-hydrogen) atoms. The van der Waals surface area contributed by atoms with E-state index in [1.54, 1.807) is 24.3 Å². The molecule has 1 aliphatic carbocycles. The lowest BCUT2D eigenvalue weighted by molar-refractivity contribution is -0.154. The van der Waals surface area contributed by atoms with Crippen molar-refractivity contribution < 1.29 is 19.5 Å². The van der Waals surface area contributed by atoms with Crippen LogP contribution < -0.4 is 10.2 Å². The highest BCUT2D eigenvalue weighted by Gasteiger charge is 2.49. The molecule has 2 aromatic carbocycles. The van der Waals surface area contributed by atoms with E-state index in [0.717, 1.165) is 31.2 Å². The average molecular weight is 474 g/mol. The maximum absolute atomic E-state index is 13.3. The van der Waals surface area contributed by atoms with Crippen LogP contribution in [0.15, 0.2) is 60.7 Å². The predicted octanol–water partition coefficient (Wildman–Crippen LogP) is 2.79. The molecule has 0 spiro atoms. The van der Waals surface area contributed by atoms with Crippen LogP contribution >= 0.6 is 0 Å². The molecule has 7 heteroatoms. The Morgan fingerprint density at radius 3 is 2.43 bits per heavy atom. The number of aliphatic hydroxyl groups excluding tert-OH is 1. The lowest BCUT2D eigenvalue weighted by atomic mass is 9.85. The summed E-state index contributed by atoms with van der Waals surface area (Å²) in [6.45, 7) is -0.150. The highest BCUT2D eigenvalue weighted by molar-refractivity contribution is 6.52. The second kappa shape index (κ2) is 10.1. The van der Waals surface area contributed by atoms with Crippen LogP contribution in [-0.4, -0.2) is 64.9 Å². The van der Waals surface area contributed by atoms with Crippen LogP contribution in [0.2, 0.25) is 0 Å². The van der Waals surface area contributed by atoms with Crippen molar-refractivity contribution in [1.82, 2.24) is 10.2 Å². The van der Waals surface area contributed by atoms with Crippen LogP contribution in [0, 0.1) is 0 Å². The van der Waals surface area contributed by atoms with E-state index in [9.17, 15) is 19.5 Å². The summed E-state index contributed by atoms with van der Waals surface area (Å²) in [6, 6.07) is 15.9. The van der Waals surface area contributed by atoms with E-state index >= 15 is 0 Å². The fourth-order valence-corrected chi connectivity index (χ4v) is 5.53. The molecule has 1 saturated carbocycles. The van der Waals surface area contributed by atoms with Gasteiger partial charge in [-0.25, -0.2) is 0 Å². The summed E-state index contributed by atoms with van der Waals surface area (Å²) in [4.78, 5) is 41.7. The minimum Gasteiger partial charge on any atom is -0.395 e. The van der Waals surface area contributed by atoms with E-state index in [4.69, 9.17) is 0 Å². The van der Waals surface area contributed by atoms with Crippen LogP contribution in [0.4, 0.5) is 5.69 Å². The number of para-hydroxylation sites is 1. The predicted molar refractivity (Wildman–Crippen MR) is 134 cm³/mol. The molecule has 2 amide bonds. The maximum atomic E-state index is 13.3. The summed E-state index contributed by atoms with van der Waals surface area (Å²) < 4.78 is 0. The van der Waals surface area contributed by atoms with Crippen molar-refractivity contribution in [3.63, 3.8) is 0 Å². The number of fused-ring (bicyclic) bond motifs is 1. The Balaban J connectivity index is 1.34. The largest absolute Gasteiger partial charge is 0.395 e. The maximum Gasteiger partial charge on any atom is 0.299 e. The van der Waals surface area contributed by atoms with E-state index in [2.05, 4.69) is 11.4 Å². The highest BCUT2D eigenvalue weighted by Crippen LogP contribution is 2.33. The molecule has 3 aliphatic rings. The monoisotopic (exact) mass is 473 g/mol. The van der Waals surface area contributed by atoms with Gasteiger partial charge in [-0.1, -0.05) is 73.9 Å². The number of β-lactam (4-membered cyclic amide) rings is 1. The Morgan fingerprint density at radius 2 is 1.69 bits per heavy atom. The van der Waals surface area contributed by atoms with Crippen molar-refractivity contribution in [2.45, 2.75) is 56.3 Å². The van der Waals surface area contributed by atoms with Gasteiger partial charge in [-0.2, -0.15) is 0 Å². The first-order valence-electron chi connectivity index (χ1n) is 12.5. The molecule has 7 nitrogen and oxygen atoms in total. The Morgan fingerprint density at radius 1 is 0.971 bits per heavy atom. The van der Waals surface area contributed by atoms with Crippen molar-refractivity contribution in [2.24, 2.45) is 0 Å². The first kappa shape index (κ1) is 23.5. The van der Waals surface area contributed by atoms with Crippen molar-refractivity contribution in [3.05, 3.63) is 71.8 Å². The molecule has 0 bridgehead atoms. The molecule has 2 aromatic rings. The number of nitrogens with one attached hydrogen (secondary N) is 1. The summed E-state index contributed by atoms with van der Waals surface area (Å²) >= 11 is 0. The van der Waals surface area contributed by atoms with Gasteiger partial charge >= 0.3 is 0 Å². The van der Waals surface area contributed by atoms with Gasteiger partial charge in [-0.3, -0.25) is 19.7 Å². The first-order chi connectivity index (χ1) is 17.1. The fourth-order valence-electron chi connectivity index (χ4n) is 5.53. The van der Waals surface area contributed by atoms with Gasteiger partial charge in [-0.15, -0.1) is 0 Å². The molecule has 1 unspecified atom stereocenters. The molecule has 182 valence electrons. The van der Waals surface area contributed by atoms with Crippen LogP contribution in [-0.2, 0) is 9.59 Å². The third-order valence-corrected chi connectivity index (χ3v) is 7.35. The molecule has 0 aromatic heterocycles. The third kappa shape index (κ3) is 4.54. The number of hydrogen-bond donors (Lipinski definition) is 2. The number of aliphatic hydroxyl groups is 1. The van der Waals surface area contributed by atoms with Gasteiger partial charge in [0.1, 0.15) is 6.04 Å². The molecule has 2 N–H and O–H groups in total. The van der Waals surface area contributed by atoms with Crippen LogP contribution in [0.25, 0.3) is 6.08 Å². The molecule has 2 aliphatic heterocycles. The lowest BCUT2D eigenvalue weighted by Crippen LogP contribution is -2.73. The molecule has 2 fully saturated rings. The van der Waals surface area contributed by atoms with E-state index in [1.165, 1.54) is 11.3 Å². The minimum absolute atomic E-state index is 0.0299. The molecule has 3 atom stereocenters. The average Bonchev–Trinajstić information content (AvgIpc) is 3.14. The Hall–Kier alpha value is -3.29. The van der Waals surface area contributed by atoms with Gasteiger partial charge in [0.05, 0.1) is 23.9 Å². The van der Waals surface area contributed by atoms with Crippen LogP contribution in [0.3, 0.4) is 0 Å². The number of hydrogen-bond acceptors (Lipinski definition) is 5. The number of carbonyl (C=O) groups excluding carboxylic acids is 3.